The van der Waals surface area contributed by atoms with Gasteiger partial charge in [-0.2, -0.15) is 4.98 Å². The van der Waals surface area contributed by atoms with Crippen LogP contribution >= 0.6 is 0 Å². The quantitative estimate of drug-likeness (QED) is 0.889. The molecule has 2 aromatic rings. The van der Waals surface area contributed by atoms with Crippen LogP contribution in [-0.2, 0) is 13.1 Å². The zero-order valence-corrected chi connectivity index (χ0v) is 11.3. The van der Waals surface area contributed by atoms with Crippen LogP contribution in [0.15, 0.2) is 17.0 Å². The Morgan fingerprint density at radius 3 is 2.78 bits per heavy atom. The van der Waals surface area contributed by atoms with Crippen LogP contribution in [-0.4, -0.2) is 25.2 Å². The summed E-state index contributed by atoms with van der Waals surface area (Å²) in [4.78, 5) is 8.35. The van der Waals surface area contributed by atoms with Crippen molar-refractivity contribution in [3.05, 3.63) is 29.9 Å². The topological polar surface area (TPSA) is 68.8 Å². The van der Waals surface area contributed by atoms with Gasteiger partial charge >= 0.3 is 0 Å². The monoisotopic (exact) mass is 249 g/mol. The fraction of sp³-hybridized carbons (Fsp3) is 0.583. The van der Waals surface area contributed by atoms with E-state index >= 15 is 0 Å². The molecule has 2 rings (SSSR count). The van der Waals surface area contributed by atoms with Gasteiger partial charge in [0.1, 0.15) is 0 Å². The SMILES string of the molecule is Cc1nc(Cn2cncc2CNC(C)(C)C)no1. The van der Waals surface area contributed by atoms with E-state index in [4.69, 9.17) is 4.52 Å². The van der Waals surface area contributed by atoms with Gasteiger partial charge in [0.2, 0.25) is 5.89 Å². The first-order chi connectivity index (χ1) is 8.44. The highest BCUT2D eigenvalue weighted by atomic mass is 16.5. The maximum absolute atomic E-state index is 4.96. The summed E-state index contributed by atoms with van der Waals surface area (Å²) < 4.78 is 6.97. The average molecular weight is 249 g/mol. The summed E-state index contributed by atoms with van der Waals surface area (Å²) in [6.45, 7) is 9.54. The average Bonchev–Trinajstić information content (AvgIpc) is 2.85. The maximum Gasteiger partial charge on any atom is 0.223 e. The lowest BCUT2D eigenvalue weighted by atomic mass is 10.1. The Bertz CT molecular complexity index is 509. The fourth-order valence-corrected chi connectivity index (χ4v) is 1.55. The van der Waals surface area contributed by atoms with Crippen molar-refractivity contribution >= 4 is 0 Å². The van der Waals surface area contributed by atoms with Crippen molar-refractivity contribution in [2.75, 3.05) is 0 Å². The van der Waals surface area contributed by atoms with Crippen LogP contribution in [0.1, 0.15) is 38.2 Å². The molecule has 0 aliphatic heterocycles. The number of hydrogen-bond donors (Lipinski definition) is 1. The minimum absolute atomic E-state index is 0.0812. The first kappa shape index (κ1) is 12.8. The number of hydrogen-bond acceptors (Lipinski definition) is 5. The highest BCUT2D eigenvalue weighted by molar-refractivity contribution is 5.01. The molecule has 0 atom stereocenters. The Morgan fingerprint density at radius 1 is 1.39 bits per heavy atom. The number of imidazole rings is 1. The van der Waals surface area contributed by atoms with E-state index in [0.29, 0.717) is 18.3 Å². The van der Waals surface area contributed by atoms with Crippen molar-refractivity contribution in [1.82, 2.24) is 25.0 Å². The van der Waals surface area contributed by atoms with Crippen LogP contribution in [0.4, 0.5) is 0 Å². The van der Waals surface area contributed by atoms with Crippen molar-refractivity contribution in [3.8, 4) is 0 Å². The van der Waals surface area contributed by atoms with E-state index in [1.165, 1.54) is 0 Å². The van der Waals surface area contributed by atoms with E-state index in [0.717, 1.165) is 12.2 Å². The summed E-state index contributed by atoms with van der Waals surface area (Å²) in [6.07, 6.45) is 3.64. The first-order valence-electron chi connectivity index (χ1n) is 5.97. The minimum Gasteiger partial charge on any atom is -0.340 e. The Hall–Kier alpha value is -1.69. The molecule has 6 heteroatoms. The van der Waals surface area contributed by atoms with Crippen LogP contribution in [0.2, 0.25) is 0 Å². The summed E-state index contributed by atoms with van der Waals surface area (Å²) in [5, 5.41) is 7.32. The molecular weight excluding hydrogens is 230 g/mol. The third-order valence-corrected chi connectivity index (χ3v) is 2.48. The molecule has 0 spiro atoms. The molecule has 0 fully saturated rings. The third-order valence-electron chi connectivity index (χ3n) is 2.48. The van der Waals surface area contributed by atoms with Gasteiger partial charge in [0, 0.05) is 25.2 Å². The number of nitrogens with zero attached hydrogens (tertiary/aromatic N) is 4. The highest BCUT2D eigenvalue weighted by Crippen LogP contribution is 2.06. The Kier molecular flexibility index (Phi) is 3.47. The molecule has 6 nitrogen and oxygen atoms in total. The number of rotatable bonds is 4. The molecule has 0 aromatic carbocycles. The second-order valence-corrected chi connectivity index (χ2v) is 5.35. The summed E-state index contributed by atoms with van der Waals surface area (Å²) >= 11 is 0. The fourth-order valence-electron chi connectivity index (χ4n) is 1.55. The van der Waals surface area contributed by atoms with Gasteiger partial charge in [-0.05, 0) is 20.8 Å². The van der Waals surface area contributed by atoms with E-state index in [1.807, 2.05) is 10.8 Å². The zero-order valence-electron chi connectivity index (χ0n) is 11.3. The van der Waals surface area contributed by atoms with Crippen molar-refractivity contribution in [2.24, 2.45) is 0 Å². The summed E-state index contributed by atoms with van der Waals surface area (Å²) in [7, 11) is 0. The lowest BCUT2D eigenvalue weighted by Crippen LogP contribution is -2.35. The molecule has 0 saturated heterocycles. The lowest BCUT2D eigenvalue weighted by molar-refractivity contribution is 0.385. The van der Waals surface area contributed by atoms with E-state index < -0.39 is 0 Å². The van der Waals surface area contributed by atoms with E-state index in [-0.39, 0.29) is 5.54 Å². The largest absolute Gasteiger partial charge is 0.340 e. The molecule has 98 valence electrons. The number of nitrogens with one attached hydrogen (secondary N) is 1. The van der Waals surface area contributed by atoms with Crippen molar-refractivity contribution in [1.29, 1.82) is 0 Å². The molecule has 0 saturated carbocycles. The van der Waals surface area contributed by atoms with Crippen molar-refractivity contribution < 1.29 is 4.52 Å². The van der Waals surface area contributed by atoms with Crippen molar-refractivity contribution in [3.63, 3.8) is 0 Å². The lowest BCUT2D eigenvalue weighted by Gasteiger charge is -2.20. The number of aromatic nitrogens is 4. The van der Waals surface area contributed by atoms with Crippen LogP contribution in [0.5, 0.6) is 0 Å². The van der Waals surface area contributed by atoms with E-state index in [1.54, 1.807) is 13.3 Å². The molecule has 1 N–H and O–H groups in total. The van der Waals surface area contributed by atoms with Crippen LogP contribution in [0.25, 0.3) is 0 Å². The molecule has 18 heavy (non-hydrogen) atoms. The summed E-state index contributed by atoms with van der Waals surface area (Å²) in [6, 6.07) is 0. The molecule has 0 aliphatic carbocycles. The van der Waals surface area contributed by atoms with Gasteiger partial charge in [-0.1, -0.05) is 5.16 Å². The van der Waals surface area contributed by atoms with Gasteiger partial charge in [0.15, 0.2) is 5.82 Å². The first-order valence-corrected chi connectivity index (χ1v) is 5.97. The summed E-state index contributed by atoms with van der Waals surface area (Å²) in [5.74, 6) is 1.25. The Morgan fingerprint density at radius 2 is 2.17 bits per heavy atom. The van der Waals surface area contributed by atoms with Gasteiger partial charge in [0.05, 0.1) is 18.6 Å². The van der Waals surface area contributed by atoms with Gasteiger partial charge in [0.25, 0.3) is 0 Å². The Labute approximate surface area is 106 Å². The maximum atomic E-state index is 4.96. The highest BCUT2D eigenvalue weighted by Gasteiger charge is 2.11. The zero-order chi connectivity index (χ0) is 13.2. The second kappa shape index (κ2) is 4.89. The standard InChI is InChI=1S/C12H19N5O/c1-9-15-11(16-18-9)7-17-8-13-5-10(17)6-14-12(2,3)4/h5,8,14H,6-7H2,1-4H3. The smallest absolute Gasteiger partial charge is 0.223 e. The van der Waals surface area contributed by atoms with Gasteiger partial charge < -0.3 is 14.4 Å². The predicted molar refractivity (Wildman–Crippen MR) is 67.0 cm³/mol. The normalized spacial score (nSPS) is 12.0. The Balaban J connectivity index is 2.03. The molecule has 0 radical (unpaired) electrons. The molecule has 2 aromatic heterocycles. The van der Waals surface area contributed by atoms with Crippen molar-refractivity contribution in [2.45, 2.75) is 46.3 Å². The van der Waals surface area contributed by atoms with Crippen LogP contribution < -0.4 is 5.32 Å². The molecule has 0 aliphatic rings. The molecule has 2 heterocycles. The summed E-state index contributed by atoms with van der Waals surface area (Å²) in [5.41, 5.74) is 1.19. The second-order valence-electron chi connectivity index (χ2n) is 5.35. The molecule has 0 amide bonds. The number of aryl methyl sites for hydroxylation is 1. The van der Waals surface area contributed by atoms with Crippen LogP contribution in [0.3, 0.4) is 0 Å². The van der Waals surface area contributed by atoms with Gasteiger partial charge in [-0.15, -0.1) is 0 Å². The molecule has 0 unspecified atom stereocenters. The van der Waals surface area contributed by atoms with E-state index in [2.05, 4.69) is 41.2 Å². The minimum atomic E-state index is 0.0812. The van der Waals surface area contributed by atoms with Gasteiger partial charge in [-0.3, -0.25) is 0 Å². The molecular formula is C12H19N5O. The molecule has 0 bridgehead atoms. The predicted octanol–water partition coefficient (Wildman–Crippen LogP) is 1.51. The van der Waals surface area contributed by atoms with Gasteiger partial charge in [-0.25, -0.2) is 4.98 Å². The van der Waals surface area contributed by atoms with E-state index in [9.17, 15) is 0 Å². The third kappa shape index (κ3) is 3.40. The van der Waals surface area contributed by atoms with Crippen LogP contribution in [0, 0.1) is 6.92 Å².